The molecule has 1 unspecified atom stereocenters. The fourth-order valence-corrected chi connectivity index (χ4v) is 3.84. The average molecular weight is 397 g/mol. The number of anilines is 1. The molecule has 0 aromatic carbocycles. The zero-order valence-corrected chi connectivity index (χ0v) is 15.9. The second-order valence-electron chi connectivity index (χ2n) is 6.39. The number of morpholine rings is 1. The van der Waals surface area contributed by atoms with Crippen LogP contribution in [0.4, 0.5) is 5.82 Å². The van der Waals surface area contributed by atoms with E-state index < -0.39 is 0 Å². The summed E-state index contributed by atoms with van der Waals surface area (Å²) in [6.45, 7) is 10.2. The van der Waals surface area contributed by atoms with Crippen LogP contribution in [0.5, 0.6) is 0 Å². The summed E-state index contributed by atoms with van der Waals surface area (Å²) in [5.41, 5.74) is 3.29. The zero-order valence-electron chi connectivity index (χ0n) is 14.3. The van der Waals surface area contributed by atoms with Crippen molar-refractivity contribution in [1.29, 1.82) is 0 Å². The lowest BCUT2D eigenvalue weighted by atomic mass is 9.91. The molecule has 0 saturated carbocycles. The molecule has 7 heteroatoms. The third-order valence-corrected chi connectivity index (χ3v) is 5.39. The molecule has 1 N–H and O–H groups in total. The van der Waals surface area contributed by atoms with Crippen LogP contribution in [0, 0.1) is 6.92 Å². The van der Waals surface area contributed by atoms with E-state index in [9.17, 15) is 4.79 Å². The summed E-state index contributed by atoms with van der Waals surface area (Å²) in [5.74, 6) is 0.809. The maximum absolute atomic E-state index is 12.4. The van der Waals surface area contributed by atoms with Crippen molar-refractivity contribution in [2.75, 3.05) is 44.7 Å². The highest BCUT2D eigenvalue weighted by atomic mass is 79.9. The fourth-order valence-electron chi connectivity index (χ4n) is 3.35. The summed E-state index contributed by atoms with van der Waals surface area (Å²) >= 11 is 3.37. The first-order valence-electron chi connectivity index (χ1n) is 8.61. The topological polar surface area (TPSA) is 57.7 Å². The maximum atomic E-state index is 12.4. The number of carbonyl (C=O) groups is 1. The molecule has 1 saturated heterocycles. The third kappa shape index (κ3) is 3.73. The Bertz CT molecular complexity index is 604. The number of nitrogens with zero attached hydrogens (tertiary/aromatic N) is 3. The highest BCUT2D eigenvalue weighted by molar-refractivity contribution is 9.07. The number of hydrogen-bond donors (Lipinski definition) is 1. The van der Waals surface area contributed by atoms with Crippen LogP contribution in [0.1, 0.15) is 36.1 Å². The van der Waals surface area contributed by atoms with Gasteiger partial charge >= 0.3 is 0 Å². The predicted octanol–water partition coefficient (Wildman–Crippen LogP) is 2.28. The van der Waals surface area contributed by atoms with Gasteiger partial charge in [-0.05, 0) is 30.5 Å². The Kier molecular flexibility index (Phi) is 5.73. The Morgan fingerprint density at radius 2 is 2.17 bits per heavy atom. The molecule has 6 nitrogen and oxygen atoms in total. The summed E-state index contributed by atoms with van der Waals surface area (Å²) in [7, 11) is 0. The molecule has 0 bridgehead atoms. The smallest absolute Gasteiger partial charge is 0.241 e. The summed E-state index contributed by atoms with van der Waals surface area (Å²) in [6.07, 6.45) is 0.762. The van der Waals surface area contributed by atoms with E-state index in [1.54, 1.807) is 3.93 Å². The van der Waals surface area contributed by atoms with E-state index in [1.807, 2.05) is 6.92 Å². The van der Waals surface area contributed by atoms with E-state index in [0.29, 0.717) is 6.54 Å². The summed E-state index contributed by atoms with van der Waals surface area (Å²) < 4.78 is 7.00. The minimum Gasteiger partial charge on any atom is -0.379 e. The first-order chi connectivity index (χ1) is 11.6. The highest BCUT2D eigenvalue weighted by Gasteiger charge is 2.33. The number of aryl methyl sites for hydroxylation is 1. The fraction of sp³-hybridized carbons (Fsp3) is 0.647. The molecular weight excluding hydrogens is 372 g/mol. The lowest BCUT2D eigenvalue weighted by molar-refractivity contribution is -0.128. The van der Waals surface area contributed by atoms with Gasteiger partial charge in [0.15, 0.2) is 0 Å². The molecule has 24 heavy (non-hydrogen) atoms. The van der Waals surface area contributed by atoms with Crippen LogP contribution in [-0.4, -0.2) is 59.1 Å². The van der Waals surface area contributed by atoms with Gasteiger partial charge in [-0.1, -0.05) is 6.92 Å². The summed E-state index contributed by atoms with van der Waals surface area (Å²) in [6, 6.07) is 2.08. The van der Waals surface area contributed by atoms with Crippen molar-refractivity contribution in [2.24, 2.45) is 0 Å². The van der Waals surface area contributed by atoms with Crippen LogP contribution in [0.2, 0.25) is 0 Å². The van der Waals surface area contributed by atoms with Gasteiger partial charge in [-0.3, -0.25) is 13.6 Å². The Morgan fingerprint density at radius 1 is 1.42 bits per heavy atom. The van der Waals surface area contributed by atoms with Gasteiger partial charge in [0.1, 0.15) is 5.82 Å². The zero-order chi connectivity index (χ0) is 17.1. The molecule has 2 aliphatic heterocycles. The number of hydrogen-bond acceptors (Lipinski definition) is 5. The number of ether oxygens (including phenoxy) is 1. The van der Waals surface area contributed by atoms with Crippen molar-refractivity contribution < 1.29 is 9.53 Å². The van der Waals surface area contributed by atoms with E-state index in [-0.39, 0.29) is 11.8 Å². The maximum Gasteiger partial charge on any atom is 0.241 e. The van der Waals surface area contributed by atoms with Crippen molar-refractivity contribution >= 4 is 27.9 Å². The van der Waals surface area contributed by atoms with E-state index in [1.165, 1.54) is 5.56 Å². The van der Waals surface area contributed by atoms with Crippen molar-refractivity contribution in [2.45, 2.75) is 32.7 Å². The minimum atomic E-state index is -0.159. The van der Waals surface area contributed by atoms with E-state index in [0.717, 1.165) is 62.9 Å². The summed E-state index contributed by atoms with van der Waals surface area (Å²) in [5, 5.41) is 3.42. The predicted molar refractivity (Wildman–Crippen MR) is 97.2 cm³/mol. The Morgan fingerprint density at radius 3 is 2.88 bits per heavy atom. The van der Waals surface area contributed by atoms with Crippen molar-refractivity contribution in [3.05, 3.63) is 22.9 Å². The van der Waals surface area contributed by atoms with Gasteiger partial charge < -0.3 is 10.1 Å². The molecule has 1 amide bonds. The number of aromatic nitrogens is 1. The van der Waals surface area contributed by atoms with Crippen molar-refractivity contribution in [3.8, 4) is 0 Å². The highest BCUT2D eigenvalue weighted by Crippen LogP contribution is 2.34. The van der Waals surface area contributed by atoms with E-state index in [2.05, 4.69) is 39.4 Å². The first-order valence-corrected chi connectivity index (χ1v) is 9.32. The molecule has 132 valence electrons. The van der Waals surface area contributed by atoms with Crippen LogP contribution in [0.3, 0.4) is 0 Å². The molecule has 1 aromatic heterocycles. The standard InChI is InChI=1S/C17H25BrN4O2/c1-3-13-16-14(11-22(18)17(13)23)12(2)10-15(20-16)19-4-5-21-6-8-24-9-7-21/h10,13H,3-9,11H2,1-2H3,(H,19,20). The quantitative estimate of drug-likeness (QED) is 0.773. The molecule has 2 aliphatic rings. The van der Waals surface area contributed by atoms with Crippen molar-refractivity contribution in [1.82, 2.24) is 13.8 Å². The van der Waals surface area contributed by atoms with E-state index in [4.69, 9.17) is 9.72 Å². The Hall–Kier alpha value is -1.18. The largest absolute Gasteiger partial charge is 0.379 e. The van der Waals surface area contributed by atoms with Gasteiger partial charge in [0.05, 0.1) is 47.5 Å². The van der Waals surface area contributed by atoms with Crippen LogP contribution in [-0.2, 0) is 16.1 Å². The SMILES string of the molecule is CCC1C(=O)N(Br)Cc2c(C)cc(NCCN3CCOCC3)nc21. The monoisotopic (exact) mass is 396 g/mol. The molecular formula is C17H25BrN4O2. The number of rotatable bonds is 5. The average Bonchev–Trinajstić information content (AvgIpc) is 2.58. The number of halogens is 1. The minimum absolute atomic E-state index is 0.0994. The molecule has 1 aromatic rings. The number of fused-ring (bicyclic) bond motifs is 1. The second-order valence-corrected chi connectivity index (χ2v) is 7.24. The number of amides is 1. The van der Waals surface area contributed by atoms with Crippen LogP contribution < -0.4 is 5.32 Å². The van der Waals surface area contributed by atoms with Crippen molar-refractivity contribution in [3.63, 3.8) is 0 Å². The van der Waals surface area contributed by atoms with Gasteiger partial charge in [0, 0.05) is 26.2 Å². The van der Waals surface area contributed by atoms with Crippen LogP contribution in [0.15, 0.2) is 6.07 Å². The molecule has 0 radical (unpaired) electrons. The summed E-state index contributed by atoms with van der Waals surface area (Å²) in [4.78, 5) is 19.5. The van der Waals surface area contributed by atoms with Gasteiger partial charge in [-0.25, -0.2) is 4.98 Å². The number of carbonyl (C=O) groups excluding carboxylic acids is 1. The Labute approximate surface area is 151 Å². The molecule has 0 spiro atoms. The molecule has 3 heterocycles. The molecule has 3 rings (SSSR count). The second kappa shape index (κ2) is 7.80. The van der Waals surface area contributed by atoms with Crippen LogP contribution in [0.25, 0.3) is 0 Å². The molecule has 1 fully saturated rings. The first kappa shape index (κ1) is 17.6. The van der Waals surface area contributed by atoms with Crippen LogP contribution >= 0.6 is 16.1 Å². The normalized spacial score (nSPS) is 21.7. The number of pyridine rings is 1. The van der Waals surface area contributed by atoms with Gasteiger partial charge in [-0.15, -0.1) is 0 Å². The number of nitrogens with one attached hydrogen (secondary N) is 1. The molecule has 0 aliphatic carbocycles. The van der Waals surface area contributed by atoms with E-state index >= 15 is 0 Å². The van der Waals surface area contributed by atoms with Gasteiger partial charge in [-0.2, -0.15) is 0 Å². The van der Waals surface area contributed by atoms with Gasteiger partial charge in [0.2, 0.25) is 5.91 Å². The molecule has 1 atom stereocenters. The third-order valence-electron chi connectivity index (χ3n) is 4.79. The van der Waals surface area contributed by atoms with Gasteiger partial charge in [0.25, 0.3) is 0 Å². The Balaban J connectivity index is 1.70. The lowest BCUT2D eigenvalue weighted by Gasteiger charge is -2.30. The lowest BCUT2D eigenvalue weighted by Crippen LogP contribution is -2.39.